The predicted molar refractivity (Wildman–Crippen MR) is 71.8 cm³/mol. The van der Waals surface area contributed by atoms with Gasteiger partial charge in [-0.25, -0.2) is 4.39 Å². The summed E-state index contributed by atoms with van der Waals surface area (Å²) in [5.41, 5.74) is 0.852. The molecule has 0 aliphatic rings. The Balaban J connectivity index is 2.31. The molecule has 0 heterocycles. The topological polar surface area (TPSA) is 15.3 Å². The molecular formula is C14H23FN2. The summed E-state index contributed by atoms with van der Waals surface area (Å²) in [4.78, 5) is 2.40. The van der Waals surface area contributed by atoms with Gasteiger partial charge in [-0.2, -0.15) is 0 Å². The van der Waals surface area contributed by atoms with Gasteiger partial charge in [0.1, 0.15) is 5.82 Å². The third-order valence-electron chi connectivity index (χ3n) is 2.65. The summed E-state index contributed by atoms with van der Waals surface area (Å²) in [6, 6.07) is 6.60. The summed E-state index contributed by atoms with van der Waals surface area (Å²) in [7, 11) is 0. The molecule has 1 N–H and O–H groups in total. The minimum Gasteiger partial charge on any atom is -0.384 e. The van der Waals surface area contributed by atoms with Gasteiger partial charge in [-0.05, 0) is 30.7 Å². The van der Waals surface area contributed by atoms with Crippen LogP contribution in [0.5, 0.6) is 0 Å². The Hall–Kier alpha value is -1.09. The van der Waals surface area contributed by atoms with Gasteiger partial charge in [-0.1, -0.05) is 26.8 Å². The fraction of sp³-hybridized carbons (Fsp3) is 0.571. The van der Waals surface area contributed by atoms with E-state index in [1.165, 1.54) is 12.1 Å². The Morgan fingerprint density at radius 1 is 1.35 bits per heavy atom. The maximum absolute atomic E-state index is 12.9. The van der Waals surface area contributed by atoms with Crippen LogP contribution in [0.25, 0.3) is 0 Å². The molecule has 2 nitrogen and oxygen atoms in total. The Kier molecular flexibility index (Phi) is 5.98. The van der Waals surface area contributed by atoms with Crippen molar-refractivity contribution in [3.63, 3.8) is 0 Å². The molecule has 17 heavy (non-hydrogen) atoms. The first-order valence-corrected chi connectivity index (χ1v) is 6.33. The van der Waals surface area contributed by atoms with Crippen molar-refractivity contribution in [1.82, 2.24) is 4.90 Å². The molecule has 1 rings (SSSR count). The SMILES string of the molecule is CCN(CCNc1cccc(F)c1)CC(C)C. The number of hydrogen-bond acceptors (Lipinski definition) is 2. The van der Waals surface area contributed by atoms with Crippen molar-refractivity contribution in [2.75, 3.05) is 31.5 Å². The zero-order valence-corrected chi connectivity index (χ0v) is 11.0. The molecule has 0 saturated carbocycles. The molecule has 0 spiro atoms. The fourth-order valence-corrected chi connectivity index (χ4v) is 1.85. The number of likely N-dealkylation sites (N-methyl/N-ethyl adjacent to an activating group) is 1. The average Bonchev–Trinajstić information content (AvgIpc) is 2.27. The van der Waals surface area contributed by atoms with Crippen LogP contribution in [0.2, 0.25) is 0 Å². The Morgan fingerprint density at radius 3 is 2.71 bits per heavy atom. The van der Waals surface area contributed by atoms with Gasteiger partial charge < -0.3 is 10.2 Å². The molecule has 1 aromatic rings. The van der Waals surface area contributed by atoms with E-state index in [0.717, 1.165) is 31.9 Å². The number of nitrogens with zero attached hydrogens (tertiary/aromatic N) is 1. The van der Waals surface area contributed by atoms with Crippen LogP contribution in [-0.4, -0.2) is 31.1 Å². The van der Waals surface area contributed by atoms with Crippen molar-refractivity contribution in [2.45, 2.75) is 20.8 Å². The fourth-order valence-electron chi connectivity index (χ4n) is 1.85. The highest BCUT2D eigenvalue weighted by Gasteiger charge is 2.04. The van der Waals surface area contributed by atoms with E-state index in [0.29, 0.717) is 5.92 Å². The summed E-state index contributed by atoms with van der Waals surface area (Å²) in [5, 5.41) is 3.24. The molecule has 0 aliphatic carbocycles. The van der Waals surface area contributed by atoms with Crippen LogP contribution in [0.3, 0.4) is 0 Å². The second-order valence-electron chi connectivity index (χ2n) is 4.72. The smallest absolute Gasteiger partial charge is 0.125 e. The molecule has 1 aromatic carbocycles. The van der Waals surface area contributed by atoms with E-state index < -0.39 is 0 Å². The third kappa shape index (κ3) is 5.68. The molecular weight excluding hydrogens is 215 g/mol. The van der Waals surface area contributed by atoms with E-state index in [1.54, 1.807) is 6.07 Å². The van der Waals surface area contributed by atoms with E-state index in [4.69, 9.17) is 0 Å². The van der Waals surface area contributed by atoms with Crippen LogP contribution in [-0.2, 0) is 0 Å². The van der Waals surface area contributed by atoms with Crippen molar-refractivity contribution in [1.29, 1.82) is 0 Å². The van der Waals surface area contributed by atoms with Crippen LogP contribution in [0, 0.1) is 11.7 Å². The molecule has 0 bridgehead atoms. The number of hydrogen-bond donors (Lipinski definition) is 1. The monoisotopic (exact) mass is 238 g/mol. The molecule has 0 amide bonds. The van der Waals surface area contributed by atoms with Gasteiger partial charge in [0.2, 0.25) is 0 Å². The lowest BCUT2D eigenvalue weighted by Gasteiger charge is -2.22. The average molecular weight is 238 g/mol. The minimum atomic E-state index is -0.190. The van der Waals surface area contributed by atoms with Gasteiger partial charge in [0.05, 0.1) is 0 Å². The zero-order chi connectivity index (χ0) is 12.7. The number of halogens is 1. The van der Waals surface area contributed by atoms with Crippen molar-refractivity contribution in [3.8, 4) is 0 Å². The lowest BCUT2D eigenvalue weighted by Crippen LogP contribution is -2.32. The maximum atomic E-state index is 12.9. The molecule has 0 saturated heterocycles. The van der Waals surface area contributed by atoms with Crippen LogP contribution in [0.15, 0.2) is 24.3 Å². The molecule has 0 aromatic heterocycles. The molecule has 0 fully saturated rings. The Labute approximate surface area is 104 Å². The molecule has 0 aliphatic heterocycles. The van der Waals surface area contributed by atoms with Gasteiger partial charge in [0.25, 0.3) is 0 Å². The molecule has 0 unspecified atom stereocenters. The second kappa shape index (κ2) is 7.28. The minimum absolute atomic E-state index is 0.190. The van der Waals surface area contributed by atoms with Crippen LogP contribution in [0.1, 0.15) is 20.8 Å². The Bertz CT molecular complexity index is 326. The van der Waals surface area contributed by atoms with Crippen LogP contribution < -0.4 is 5.32 Å². The quantitative estimate of drug-likeness (QED) is 0.784. The number of benzene rings is 1. The highest BCUT2D eigenvalue weighted by molar-refractivity contribution is 5.42. The normalized spacial score (nSPS) is 11.2. The van der Waals surface area contributed by atoms with Crippen LogP contribution in [0.4, 0.5) is 10.1 Å². The summed E-state index contributed by atoms with van der Waals surface area (Å²) < 4.78 is 12.9. The summed E-state index contributed by atoms with van der Waals surface area (Å²) in [6.45, 7) is 10.6. The molecule has 3 heteroatoms. The van der Waals surface area contributed by atoms with Crippen molar-refractivity contribution in [2.24, 2.45) is 5.92 Å². The van der Waals surface area contributed by atoms with Crippen molar-refractivity contribution in [3.05, 3.63) is 30.1 Å². The van der Waals surface area contributed by atoms with Gasteiger partial charge in [0, 0.05) is 25.3 Å². The number of anilines is 1. The third-order valence-corrected chi connectivity index (χ3v) is 2.65. The molecule has 0 radical (unpaired) electrons. The first-order chi connectivity index (χ1) is 8.11. The molecule has 96 valence electrons. The number of rotatable bonds is 7. The highest BCUT2D eigenvalue weighted by Crippen LogP contribution is 2.08. The van der Waals surface area contributed by atoms with Gasteiger partial charge >= 0.3 is 0 Å². The lowest BCUT2D eigenvalue weighted by molar-refractivity contribution is 0.265. The Morgan fingerprint density at radius 2 is 2.12 bits per heavy atom. The van der Waals surface area contributed by atoms with E-state index >= 15 is 0 Å². The van der Waals surface area contributed by atoms with Gasteiger partial charge in [0.15, 0.2) is 0 Å². The summed E-state index contributed by atoms with van der Waals surface area (Å²) in [5.74, 6) is 0.494. The maximum Gasteiger partial charge on any atom is 0.125 e. The standard InChI is InChI=1S/C14H23FN2/c1-4-17(11-12(2)3)9-8-16-14-7-5-6-13(15)10-14/h5-7,10,12,16H,4,8-9,11H2,1-3H3. The lowest BCUT2D eigenvalue weighted by atomic mass is 10.2. The van der Waals surface area contributed by atoms with Crippen molar-refractivity contribution < 1.29 is 4.39 Å². The van der Waals surface area contributed by atoms with Gasteiger partial charge in [-0.15, -0.1) is 0 Å². The largest absolute Gasteiger partial charge is 0.384 e. The van der Waals surface area contributed by atoms with E-state index in [9.17, 15) is 4.39 Å². The highest BCUT2D eigenvalue weighted by atomic mass is 19.1. The predicted octanol–water partition coefficient (Wildman–Crippen LogP) is 3.22. The molecule has 0 atom stereocenters. The second-order valence-corrected chi connectivity index (χ2v) is 4.72. The first-order valence-electron chi connectivity index (χ1n) is 6.33. The van der Waals surface area contributed by atoms with Crippen LogP contribution >= 0.6 is 0 Å². The van der Waals surface area contributed by atoms with Crippen molar-refractivity contribution >= 4 is 5.69 Å². The first kappa shape index (κ1) is 14.0. The summed E-state index contributed by atoms with van der Waals surface area (Å²) in [6.07, 6.45) is 0. The number of nitrogens with one attached hydrogen (secondary N) is 1. The van der Waals surface area contributed by atoms with E-state index in [1.807, 2.05) is 6.07 Å². The van der Waals surface area contributed by atoms with E-state index in [2.05, 4.69) is 31.0 Å². The van der Waals surface area contributed by atoms with Gasteiger partial charge in [-0.3, -0.25) is 0 Å². The van der Waals surface area contributed by atoms with E-state index in [-0.39, 0.29) is 5.82 Å². The summed E-state index contributed by atoms with van der Waals surface area (Å²) >= 11 is 0. The zero-order valence-electron chi connectivity index (χ0n) is 11.0.